The number of aldehydes is 1. The third kappa shape index (κ3) is 7.24. The van der Waals surface area contributed by atoms with Crippen molar-refractivity contribution in [2.45, 2.75) is 90.3 Å². The summed E-state index contributed by atoms with van der Waals surface area (Å²) in [6, 6.07) is 22.0. The molecule has 1 aliphatic carbocycles. The van der Waals surface area contributed by atoms with Crippen molar-refractivity contribution in [2.24, 2.45) is 0 Å². The number of carbonyl (C=O) groups excluding carboxylic acids is 2. The van der Waals surface area contributed by atoms with Crippen molar-refractivity contribution in [3.8, 4) is 0 Å². The van der Waals surface area contributed by atoms with Crippen molar-refractivity contribution in [3.63, 3.8) is 0 Å². The number of methoxy groups -OCH3 is 1. The lowest BCUT2D eigenvalue weighted by atomic mass is 9.84. The first kappa shape index (κ1) is 28.8. The van der Waals surface area contributed by atoms with Crippen LogP contribution in [0.15, 0.2) is 60.7 Å². The second-order valence-corrected chi connectivity index (χ2v) is 10.6. The van der Waals surface area contributed by atoms with Crippen LogP contribution in [-0.2, 0) is 19.1 Å². The summed E-state index contributed by atoms with van der Waals surface area (Å²) in [6.45, 7) is 4.27. The Morgan fingerprint density at radius 1 is 0.744 bits per heavy atom. The summed E-state index contributed by atoms with van der Waals surface area (Å²) in [6.07, 6.45) is 10.3. The van der Waals surface area contributed by atoms with E-state index < -0.39 is 0 Å². The topological polar surface area (TPSA) is 52.6 Å². The van der Waals surface area contributed by atoms with Crippen LogP contribution < -0.4 is 0 Å². The van der Waals surface area contributed by atoms with Gasteiger partial charge in [0.25, 0.3) is 0 Å². The lowest BCUT2D eigenvalue weighted by Crippen LogP contribution is -2.20. The minimum absolute atomic E-state index is 0.0387. The molecule has 0 N–H and O–H groups in total. The van der Waals surface area contributed by atoms with E-state index in [-0.39, 0.29) is 18.2 Å². The second kappa shape index (κ2) is 14.2. The first-order valence-corrected chi connectivity index (χ1v) is 14.6. The van der Waals surface area contributed by atoms with Crippen LogP contribution in [0.4, 0.5) is 0 Å². The number of unbranched alkanes of at least 4 members (excludes halogenated alkanes) is 5. The van der Waals surface area contributed by atoms with Crippen LogP contribution >= 0.6 is 0 Å². The molecule has 0 aliphatic heterocycles. The minimum atomic E-state index is -0.192. The molecule has 0 spiro atoms. The Kier molecular flexibility index (Phi) is 10.5. The highest BCUT2D eigenvalue weighted by molar-refractivity contribution is 6.05. The summed E-state index contributed by atoms with van der Waals surface area (Å²) in [5.41, 5.74) is 2.25. The largest absolute Gasteiger partial charge is 0.457 e. The quantitative estimate of drug-likeness (QED) is 0.0893. The fourth-order valence-electron chi connectivity index (χ4n) is 5.53. The van der Waals surface area contributed by atoms with E-state index in [9.17, 15) is 9.59 Å². The van der Waals surface area contributed by atoms with Crippen molar-refractivity contribution >= 4 is 44.6 Å². The lowest BCUT2D eigenvalue weighted by Gasteiger charge is -2.31. The van der Waals surface area contributed by atoms with Crippen LogP contribution in [0.2, 0.25) is 0 Å². The van der Waals surface area contributed by atoms with E-state index in [2.05, 4.69) is 74.5 Å². The number of ether oxygens (including phenoxy) is 2. The van der Waals surface area contributed by atoms with E-state index in [0.717, 1.165) is 62.4 Å². The van der Waals surface area contributed by atoms with Gasteiger partial charge in [-0.3, -0.25) is 4.79 Å². The number of esters is 1. The summed E-state index contributed by atoms with van der Waals surface area (Å²) >= 11 is 0. The molecule has 1 aliphatic rings. The van der Waals surface area contributed by atoms with Gasteiger partial charge in [0.1, 0.15) is 12.4 Å². The highest BCUT2D eigenvalue weighted by atomic mass is 16.5. The average molecular weight is 527 g/mol. The number of benzene rings is 4. The summed E-state index contributed by atoms with van der Waals surface area (Å²) < 4.78 is 11.8. The maximum Gasteiger partial charge on any atom is 0.306 e. The van der Waals surface area contributed by atoms with Gasteiger partial charge in [0.15, 0.2) is 0 Å². The Hall–Kier alpha value is -3.24. The predicted octanol–water partition coefficient (Wildman–Crippen LogP) is 9.56. The van der Waals surface area contributed by atoms with Gasteiger partial charge < -0.3 is 14.3 Å². The maximum absolute atomic E-state index is 12.5. The van der Waals surface area contributed by atoms with E-state index in [0.29, 0.717) is 6.42 Å². The third-order valence-corrected chi connectivity index (χ3v) is 7.72. The van der Waals surface area contributed by atoms with Crippen LogP contribution in [0.25, 0.3) is 32.3 Å². The molecule has 4 aromatic carbocycles. The van der Waals surface area contributed by atoms with Gasteiger partial charge in [0.05, 0.1) is 6.10 Å². The van der Waals surface area contributed by atoms with E-state index in [1.54, 1.807) is 7.11 Å². The van der Waals surface area contributed by atoms with Gasteiger partial charge in [-0.2, -0.15) is 0 Å². The van der Waals surface area contributed by atoms with Crippen LogP contribution in [0.5, 0.6) is 0 Å². The Morgan fingerprint density at radius 3 is 1.82 bits per heavy atom. The molecule has 0 aromatic heterocycles. The van der Waals surface area contributed by atoms with Crippen LogP contribution in [0, 0.1) is 0 Å². The average Bonchev–Trinajstić information content (AvgIpc) is 2.95. The normalized spacial score (nSPS) is 16.5. The molecular formula is C35H42O4. The number of fused-ring (bicyclic) bond motifs is 4. The SMILES string of the molecule is CCCCCC(=O)OC1CCC(OC)c2cc3cc4cc5ccccc5cc4cc3cc21.CCCCCC=O. The third-order valence-electron chi connectivity index (χ3n) is 7.72. The Labute approximate surface area is 232 Å². The van der Waals surface area contributed by atoms with Gasteiger partial charge in [-0.15, -0.1) is 0 Å². The second-order valence-electron chi connectivity index (χ2n) is 10.6. The standard InChI is InChI=1S/C29H30O3.C6H12O/c1-3-4-5-10-29(30)32-28-12-11-27(31-2)25-17-23-15-21-13-19-8-6-7-9-20(19)14-22(21)16-24(23)18-26(25)28;1-2-3-4-5-6-7/h6-9,13-18,27-28H,3-5,10-12H2,1-2H3;6H,2-5H2,1H3. The van der Waals surface area contributed by atoms with Crippen LogP contribution in [-0.4, -0.2) is 19.4 Å². The molecule has 2 atom stereocenters. The van der Waals surface area contributed by atoms with Gasteiger partial charge in [-0.05, 0) is 106 Å². The highest BCUT2D eigenvalue weighted by Crippen LogP contribution is 2.42. The van der Waals surface area contributed by atoms with Gasteiger partial charge >= 0.3 is 5.97 Å². The number of rotatable bonds is 10. The van der Waals surface area contributed by atoms with Crippen molar-refractivity contribution in [1.82, 2.24) is 0 Å². The summed E-state index contributed by atoms with van der Waals surface area (Å²) in [4.78, 5) is 22.1. The molecule has 4 heteroatoms. The molecule has 0 radical (unpaired) electrons. The maximum atomic E-state index is 12.5. The molecule has 206 valence electrons. The van der Waals surface area contributed by atoms with Gasteiger partial charge in [-0.1, -0.05) is 63.8 Å². The first-order valence-electron chi connectivity index (χ1n) is 14.6. The van der Waals surface area contributed by atoms with Crippen molar-refractivity contribution in [1.29, 1.82) is 0 Å². The van der Waals surface area contributed by atoms with Crippen molar-refractivity contribution in [3.05, 3.63) is 71.8 Å². The molecule has 4 nitrogen and oxygen atoms in total. The Morgan fingerprint density at radius 2 is 1.26 bits per heavy atom. The fourth-order valence-corrected chi connectivity index (χ4v) is 5.53. The molecule has 0 fully saturated rings. The monoisotopic (exact) mass is 526 g/mol. The summed E-state index contributed by atoms with van der Waals surface area (Å²) in [7, 11) is 1.77. The molecular weight excluding hydrogens is 484 g/mol. The van der Waals surface area contributed by atoms with E-state index in [1.165, 1.54) is 45.2 Å². The van der Waals surface area contributed by atoms with Crippen LogP contribution in [0.1, 0.15) is 101 Å². The van der Waals surface area contributed by atoms with E-state index in [1.807, 2.05) is 0 Å². The van der Waals surface area contributed by atoms with Gasteiger partial charge in [0.2, 0.25) is 0 Å². The minimum Gasteiger partial charge on any atom is -0.457 e. The zero-order chi connectivity index (χ0) is 27.6. The zero-order valence-corrected chi connectivity index (χ0v) is 23.7. The van der Waals surface area contributed by atoms with Gasteiger partial charge in [0, 0.05) is 20.0 Å². The molecule has 39 heavy (non-hydrogen) atoms. The molecule has 0 bridgehead atoms. The Bertz CT molecular complexity index is 1410. The highest BCUT2D eigenvalue weighted by Gasteiger charge is 2.30. The molecule has 4 aromatic rings. The summed E-state index contributed by atoms with van der Waals surface area (Å²) in [5.74, 6) is -0.0876. The molecule has 0 heterocycles. The number of hydrogen-bond acceptors (Lipinski definition) is 4. The molecule has 5 rings (SSSR count). The van der Waals surface area contributed by atoms with Crippen molar-refractivity contribution in [2.75, 3.05) is 7.11 Å². The van der Waals surface area contributed by atoms with Crippen LogP contribution in [0.3, 0.4) is 0 Å². The smallest absolute Gasteiger partial charge is 0.306 e. The molecule has 0 saturated carbocycles. The Balaban J connectivity index is 0.000000448. The van der Waals surface area contributed by atoms with Gasteiger partial charge in [-0.25, -0.2) is 0 Å². The first-order chi connectivity index (χ1) is 19.1. The zero-order valence-electron chi connectivity index (χ0n) is 23.7. The number of carbonyl (C=O) groups is 2. The number of hydrogen-bond donors (Lipinski definition) is 0. The van der Waals surface area contributed by atoms with Crippen molar-refractivity contribution < 1.29 is 19.1 Å². The molecule has 0 saturated heterocycles. The lowest BCUT2D eigenvalue weighted by molar-refractivity contribution is -0.151. The van der Waals surface area contributed by atoms with E-state index in [4.69, 9.17) is 9.47 Å². The molecule has 0 amide bonds. The fraction of sp³-hybridized carbons (Fsp3) is 0.429. The van der Waals surface area contributed by atoms with E-state index >= 15 is 0 Å². The predicted molar refractivity (Wildman–Crippen MR) is 161 cm³/mol. The molecule has 2 unspecified atom stereocenters. The summed E-state index contributed by atoms with van der Waals surface area (Å²) in [5, 5.41) is 7.33.